The van der Waals surface area contributed by atoms with E-state index in [-0.39, 0.29) is 23.9 Å². The molecular formula is C14H17NO4. The Bertz CT molecular complexity index is 501. The van der Waals surface area contributed by atoms with E-state index in [2.05, 4.69) is 6.07 Å². The van der Waals surface area contributed by atoms with Crippen molar-refractivity contribution in [3.05, 3.63) is 0 Å². The van der Waals surface area contributed by atoms with E-state index in [1.165, 1.54) is 0 Å². The van der Waals surface area contributed by atoms with Crippen molar-refractivity contribution in [1.29, 1.82) is 5.26 Å². The molecule has 0 N–H and O–H groups in total. The van der Waals surface area contributed by atoms with Crippen molar-refractivity contribution in [2.24, 2.45) is 22.7 Å². The first kappa shape index (κ1) is 12.5. The lowest BCUT2D eigenvalue weighted by atomic mass is 9.74. The molecule has 2 aliphatic carbocycles. The molecule has 0 amide bonds. The van der Waals surface area contributed by atoms with Gasteiger partial charge in [-0.05, 0) is 33.6 Å². The summed E-state index contributed by atoms with van der Waals surface area (Å²) in [6.45, 7) is 5.38. The molecule has 3 rings (SSSR count). The van der Waals surface area contributed by atoms with Crippen LogP contribution in [0, 0.1) is 34.0 Å². The number of ether oxygens (including phenoxy) is 2. The van der Waals surface area contributed by atoms with Crippen LogP contribution in [0.3, 0.4) is 0 Å². The molecule has 19 heavy (non-hydrogen) atoms. The highest BCUT2D eigenvalue weighted by atomic mass is 16.6. The predicted octanol–water partition coefficient (Wildman–Crippen LogP) is 1.42. The largest absolute Gasteiger partial charge is 0.458 e. The Morgan fingerprint density at radius 2 is 2.21 bits per heavy atom. The molecule has 102 valence electrons. The van der Waals surface area contributed by atoms with Crippen molar-refractivity contribution in [2.45, 2.75) is 45.8 Å². The van der Waals surface area contributed by atoms with Crippen molar-refractivity contribution in [3.63, 3.8) is 0 Å². The fourth-order valence-electron chi connectivity index (χ4n) is 3.59. The van der Waals surface area contributed by atoms with Crippen LogP contribution in [0.5, 0.6) is 0 Å². The van der Waals surface area contributed by atoms with E-state index >= 15 is 0 Å². The highest BCUT2D eigenvalue weighted by Crippen LogP contribution is 2.62. The van der Waals surface area contributed by atoms with Gasteiger partial charge in [0.05, 0.1) is 11.5 Å². The summed E-state index contributed by atoms with van der Waals surface area (Å²) in [5.74, 6) is -0.738. The number of carbonyl (C=O) groups is 2. The van der Waals surface area contributed by atoms with Crippen LogP contribution in [-0.4, -0.2) is 24.1 Å². The lowest BCUT2D eigenvalue weighted by Gasteiger charge is -2.30. The van der Waals surface area contributed by atoms with Crippen LogP contribution in [-0.2, 0) is 19.1 Å². The second-order valence-corrected chi connectivity index (χ2v) is 6.88. The third-order valence-electron chi connectivity index (χ3n) is 4.62. The van der Waals surface area contributed by atoms with Gasteiger partial charge in [0.25, 0.3) is 0 Å². The number of fused-ring (bicyclic) bond motifs is 1. The summed E-state index contributed by atoms with van der Waals surface area (Å²) in [5, 5.41) is 9.27. The second-order valence-electron chi connectivity index (χ2n) is 6.88. The van der Waals surface area contributed by atoms with Gasteiger partial charge in [0.1, 0.15) is 12.2 Å². The van der Waals surface area contributed by atoms with Gasteiger partial charge >= 0.3 is 11.9 Å². The smallest absolute Gasteiger partial charge is 0.327 e. The molecule has 2 saturated carbocycles. The number of hydrogen-bond donors (Lipinski definition) is 0. The van der Waals surface area contributed by atoms with E-state index in [4.69, 9.17) is 9.47 Å². The Balaban J connectivity index is 1.82. The Labute approximate surface area is 111 Å². The van der Waals surface area contributed by atoms with Crippen molar-refractivity contribution in [1.82, 2.24) is 0 Å². The molecular weight excluding hydrogens is 246 g/mol. The van der Waals surface area contributed by atoms with Gasteiger partial charge in [0.15, 0.2) is 5.41 Å². The molecule has 0 radical (unpaired) electrons. The minimum absolute atomic E-state index is 0.0763. The van der Waals surface area contributed by atoms with E-state index in [9.17, 15) is 14.9 Å². The van der Waals surface area contributed by atoms with Gasteiger partial charge in [-0.25, -0.2) is 0 Å². The van der Waals surface area contributed by atoms with Gasteiger partial charge < -0.3 is 9.47 Å². The lowest BCUT2D eigenvalue weighted by Crippen LogP contribution is -2.41. The molecule has 2 bridgehead atoms. The number of esters is 2. The lowest BCUT2D eigenvalue weighted by molar-refractivity contribution is -0.169. The summed E-state index contributed by atoms with van der Waals surface area (Å²) in [4.78, 5) is 23.9. The third-order valence-corrected chi connectivity index (χ3v) is 4.62. The number of nitrogens with zero attached hydrogens (tertiary/aromatic N) is 1. The van der Waals surface area contributed by atoms with Crippen molar-refractivity contribution in [2.75, 3.05) is 0 Å². The molecule has 1 saturated heterocycles. The van der Waals surface area contributed by atoms with Crippen LogP contribution in [0.25, 0.3) is 0 Å². The predicted molar refractivity (Wildman–Crippen MR) is 63.5 cm³/mol. The van der Waals surface area contributed by atoms with Crippen LogP contribution in [0.2, 0.25) is 0 Å². The molecule has 0 aromatic carbocycles. The van der Waals surface area contributed by atoms with Gasteiger partial charge in [0.2, 0.25) is 0 Å². The van der Waals surface area contributed by atoms with E-state index in [1.807, 2.05) is 0 Å². The van der Waals surface area contributed by atoms with Crippen LogP contribution in [0.4, 0.5) is 0 Å². The molecule has 5 nitrogen and oxygen atoms in total. The number of rotatable bonds is 1. The zero-order chi connectivity index (χ0) is 14.0. The maximum absolute atomic E-state index is 12.0. The van der Waals surface area contributed by atoms with Gasteiger partial charge in [-0.3, -0.25) is 9.59 Å². The van der Waals surface area contributed by atoms with E-state index in [1.54, 1.807) is 20.8 Å². The van der Waals surface area contributed by atoms with Gasteiger partial charge in [-0.15, -0.1) is 0 Å². The molecule has 3 aliphatic rings. The number of carbonyl (C=O) groups excluding carboxylic acids is 2. The molecule has 1 aliphatic heterocycles. The van der Waals surface area contributed by atoms with E-state index < -0.39 is 22.9 Å². The average Bonchev–Trinajstić information content (AvgIpc) is 2.89. The Morgan fingerprint density at radius 3 is 2.79 bits per heavy atom. The van der Waals surface area contributed by atoms with Gasteiger partial charge in [-0.2, -0.15) is 5.26 Å². The quantitative estimate of drug-likeness (QED) is 0.669. The molecule has 0 spiro atoms. The average molecular weight is 263 g/mol. The summed E-state index contributed by atoms with van der Waals surface area (Å²) >= 11 is 0. The summed E-state index contributed by atoms with van der Waals surface area (Å²) in [7, 11) is 0. The zero-order valence-corrected chi connectivity index (χ0v) is 11.3. The molecule has 5 heteroatoms. The summed E-state index contributed by atoms with van der Waals surface area (Å²) in [6, 6.07) is 2.14. The molecule has 3 fully saturated rings. The Kier molecular flexibility index (Phi) is 2.30. The van der Waals surface area contributed by atoms with Crippen LogP contribution in [0.15, 0.2) is 0 Å². The maximum Gasteiger partial charge on any atom is 0.327 e. The fourth-order valence-corrected chi connectivity index (χ4v) is 3.59. The molecule has 0 aromatic heterocycles. The first-order valence-corrected chi connectivity index (χ1v) is 6.63. The minimum Gasteiger partial charge on any atom is -0.458 e. The van der Waals surface area contributed by atoms with E-state index in [0.29, 0.717) is 6.42 Å². The molecule has 5 atom stereocenters. The summed E-state index contributed by atoms with van der Waals surface area (Å²) in [5.41, 5.74) is -1.54. The Morgan fingerprint density at radius 1 is 1.53 bits per heavy atom. The van der Waals surface area contributed by atoms with Gasteiger partial charge in [-0.1, -0.05) is 0 Å². The van der Waals surface area contributed by atoms with Crippen molar-refractivity contribution in [3.8, 4) is 6.07 Å². The van der Waals surface area contributed by atoms with E-state index in [0.717, 1.165) is 6.42 Å². The van der Waals surface area contributed by atoms with Crippen LogP contribution < -0.4 is 0 Å². The fraction of sp³-hybridized carbons (Fsp3) is 0.786. The topological polar surface area (TPSA) is 76.4 Å². The van der Waals surface area contributed by atoms with Crippen molar-refractivity contribution >= 4 is 11.9 Å². The maximum atomic E-state index is 12.0. The highest BCUT2D eigenvalue weighted by Gasteiger charge is 2.72. The highest BCUT2D eigenvalue weighted by molar-refractivity contribution is 5.84. The van der Waals surface area contributed by atoms with Crippen LogP contribution >= 0.6 is 0 Å². The monoisotopic (exact) mass is 263 g/mol. The number of hydrogen-bond acceptors (Lipinski definition) is 5. The molecule has 0 aromatic rings. The standard InChI is InChI=1S/C14H17NO4/c1-13(2,3)11(16)18-9-7-4-8-10(9)19-12(17)14(8,5-7)6-15/h7-10H,4-5H2,1-3H3/t7-,8?,9?,10?,14?/m0/s1. The minimum atomic E-state index is -0.972. The second kappa shape index (κ2) is 3.50. The Hall–Kier alpha value is -1.57. The zero-order valence-electron chi connectivity index (χ0n) is 11.3. The molecule has 4 unspecified atom stereocenters. The van der Waals surface area contributed by atoms with Gasteiger partial charge in [0, 0.05) is 11.8 Å². The number of nitriles is 1. The SMILES string of the molecule is CC(C)(C)C(=O)OC1C2OC(=O)C3(C#N)C[C@@H]1CC23. The first-order chi connectivity index (χ1) is 8.79. The first-order valence-electron chi connectivity index (χ1n) is 6.63. The summed E-state index contributed by atoms with van der Waals surface area (Å²) < 4.78 is 10.9. The van der Waals surface area contributed by atoms with Crippen molar-refractivity contribution < 1.29 is 19.1 Å². The third kappa shape index (κ3) is 1.46. The normalized spacial score (nSPS) is 42.9. The molecule has 1 heterocycles. The summed E-state index contributed by atoms with van der Waals surface area (Å²) in [6.07, 6.45) is 0.416. The van der Waals surface area contributed by atoms with Crippen LogP contribution in [0.1, 0.15) is 33.6 Å².